The molecule has 0 aliphatic carbocycles. The number of quaternary nitrogens is 1. The highest BCUT2D eigenvalue weighted by atomic mass is 16.5. The molecule has 0 aromatic carbocycles. The molecule has 1 aliphatic heterocycles. The first-order chi connectivity index (χ1) is 9.57. The lowest BCUT2D eigenvalue weighted by atomic mass is 10.4. The van der Waals surface area contributed by atoms with E-state index in [1.165, 1.54) is 7.11 Å². The van der Waals surface area contributed by atoms with Crippen molar-refractivity contribution in [2.45, 2.75) is 13.3 Å². The van der Waals surface area contributed by atoms with Gasteiger partial charge in [0, 0.05) is 6.42 Å². The van der Waals surface area contributed by atoms with Crippen LogP contribution in [-0.2, 0) is 9.53 Å². The van der Waals surface area contributed by atoms with Gasteiger partial charge in [0.05, 0.1) is 27.4 Å². The van der Waals surface area contributed by atoms with E-state index in [4.69, 9.17) is 9.47 Å². The van der Waals surface area contributed by atoms with E-state index in [0.29, 0.717) is 30.1 Å². The van der Waals surface area contributed by atoms with E-state index in [0.717, 1.165) is 13.1 Å². The van der Waals surface area contributed by atoms with Gasteiger partial charge >= 0.3 is 12.0 Å². The molecule has 2 rings (SSSR count). The average Bonchev–Trinajstić information content (AvgIpc) is 2.47. The van der Waals surface area contributed by atoms with Crippen LogP contribution in [-0.4, -0.2) is 61.3 Å². The second-order valence-corrected chi connectivity index (χ2v) is 4.80. The van der Waals surface area contributed by atoms with Crippen LogP contribution in [0.2, 0.25) is 0 Å². The molecule has 0 saturated carbocycles. The van der Waals surface area contributed by atoms with Crippen LogP contribution in [0.25, 0.3) is 0 Å². The van der Waals surface area contributed by atoms with Crippen molar-refractivity contribution in [1.29, 1.82) is 0 Å². The quantitative estimate of drug-likeness (QED) is 0.794. The van der Waals surface area contributed by atoms with E-state index in [-0.39, 0.29) is 17.9 Å². The SMILES string of the molecule is CCC(=O)Nc1nc(OC)nc([N+]2(C)CCOCC2)n1. The minimum atomic E-state index is -0.145. The van der Waals surface area contributed by atoms with Crippen LogP contribution in [0.5, 0.6) is 6.01 Å². The van der Waals surface area contributed by atoms with Crippen molar-refractivity contribution in [3.63, 3.8) is 0 Å². The van der Waals surface area contributed by atoms with Crippen molar-refractivity contribution in [3.8, 4) is 6.01 Å². The Morgan fingerprint density at radius 1 is 1.35 bits per heavy atom. The zero-order valence-corrected chi connectivity index (χ0v) is 12.0. The van der Waals surface area contributed by atoms with Gasteiger partial charge in [-0.1, -0.05) is 6.92 Å². The predicted octanol–water partition coefficient (Wildman–Crippen LogP) is 0.196. The Morgan fingerprint density at radius 2 is 2.05 bits per heavy atom. The average molecular weight is 282 g/mol. The van der Waals surface area contributed by atoms with E-state index in [1.54, 1.807) is 6.92 Å². The van der Waals surface area contributed by atoms with Gasteiger partial charge in [-0.15, -0.1) is 9.97 Å². The molecule has 0 radical (unpaired) electrons. The lowest BCUT2D eigenvalue weighted by Crippen LogP contribution is -2.54. The minimum absolute atomic E-state index is 0.145. The number of carbonyl (C=O) groups is 1. The molecule has 1 aromatic heterocycles. The van der Waals surface area contributed by atoms with Gasteiger partial charge in [0.25, 0.3) is 0 Å². The van der Waals surface area contributed by atoms with E-state index in [2.05, 4.69) is 20.3 Å². The third kappa shape index (κ3) is 3.20. The summed E-state index contributed by atoms with van der Waals surface area (Å²) in [4.78, 5) is 24.2. The normalized spacial score (nSPS) is 17.6. The summed E-state index contributed by atoms with van der Waals surface area (Å²) >= 11 is 0. The number of amides is 1. The largest absolute Gasteiger partial charge is 0.467 e. The van der Waals surface area contributed by atoms with E-state index in [1.807, 2.05) is 7.05 Å². The number of morpholine rings is 1. The standard InChI is InChI=1S/C12H19N5O3/c1-4-9(18)13-10-14-11(16-12(15-10)19-3)17(2)5-7-20-8-6-17/h4-8H2,1-3H3/p+1. The molecule has 1 amide bonds. The number of likely N-dealkylation sites (N-methyl/N-ethyl adjacent to an activating group) is 1. The molecule has 1 aliphatic rings. The number of anilines is 1. The monoisotopic (exact) mass is 282 g/mol. The molecular weight excluding hydrogens is 262 g/mol. The first kappa shape index (κ1) is 14.6. The zero-order valence-electron chi connectivity index (χ0n) is 12.0. The molecule has 0 spiro atoms. The highest BCUT2D eigenvalue weighted by Crippen LogP contribution is 2.21. The molecule has 1 N–H and O–H groups in total. The molecule has 0 atom stereocenters. The van der Waals surface area contributed by atoms with Crippen LogP contribution < -0.4 is 14.5 Å². The van der Waals surface area contributed by atoms with Gasteiger partial charge in [-0.05, 0) is 0 Å². The molecular formula is C12H20N5O3+. The van der Waals surface area contributed by atoms with Crippen molar-refractivity contribution in [2.24, 2.45) is 0 Å². The minimum Gasteiger partial charge on any atom is -0.467 e. The lowest BCUT2D eigenvalue weighted by molar-refractivity contribution is -0.115. The number of rotatable bonds is 4. The number of nitrogens with zero attached hydrogens (tertiary/aromatic N) is 4. The van der Waals surface area contributed by atoms with Crippen LogP contribution in [0.15, 0.2) is 0 Å². The van der Waals surface area contributed by atoms with Crippen LogP contribution in [0, 0.1) is 0 Å². The van der Waals surface area contributed by atoms with Gasteiger partial charge < -0.3 is 9.47 Å². The third-order valence-electron chi connectivity index (χ3n) is 3.30. The molecule has 20 heavy (non-hydrogen) atoms. The third-order valence-corrected chi connectivity index (χ3v) is 3.30. The van der Waals surface area contributed by atoms with Gasteiger partial charge in [0.15, 0.2) is 0 Å². The smallest absolute Gasteiger partial charge is 0.336 e. The number of hydrogen-bond acceptors (Lipinski definition) is 6. The Balaban J connectivity index is 2.31. The van der Waals surface area contributed by atoms with Crippen molar-refractivity contribution in [1.82, 2.24) is 19.4 Å². The van der Waals surface area contributed by atoms with E-state index < -0.39 is 0 Å². The summed E-state index contributed by atoms with van der Waals surface area (Å²) in [6.45, 7) is 4.62. The van der Waals surface area contributed by atoms with E-state index >= 15 is 0 Å². The van der Waals surface area contributed by atoms with Gasteiger partial charge in [-0.3, -0.25) is 14.6 Å². The summed E-state index contributed by atoms with van der Waals surface area (Å²) < 4.78 is 11.0. The summed E-state index contributed by atoms with van der Waals surface area (Å²) in [6.07, 6.45) is 0.364. The van der Waals surface area contributed by atoms with Gasteiger partial charge in [-0.25, -0.2) is 0 Å². The summed E-state index contributed by atoms with van der Waals surface area (Å²) in [5.41, 5.74) is 0. The predicted molar refractivity (Wildman–Crippen MR) is 73.6 cm³/mol. The summed E-state index contributed by atoms with van der Waals surface area (Å²) in [5.74, 6) is 0.657. The Kier molecular flexibility index (Phi) is 4.46. The maximum Gasteiger partial charge on any atom is 0.336 e. The van der Waals surface area contributed by atoms with Crippen molar-refractivity contribution in [3.05, 3.63) is 0 Å². The first-order valence-electron chi connectivity index (χ1n) is 6.60. The number of ether oxygens (including phenoxy) is 2. The second-order valence-electron chi connectivity index (χ2n) is 4.80. The van der Waals surface area contributed by atoms with Gasteiger partial charge in [0.2, 0.25) is 11.9 Å². The lowest BCUT2D eigenvalue weighted by Gasteiger charge is -2.34. The summed E-state index contributed by atoms with van der Waals surface area (Å²) in [5, 5.41) is 2.64. The maximum absolute atomic E-state index is 11.5. The van der Waals surface area contributed by atoms with Gasteiger partial charge in [0.1, 0.15) is 13.1 Å². The van der Waals surface area contributed by atoms with Crippen molar-refractivity contribution < 1.29 is 14.3 Å². The zero-order chi connectivity index (χ0) is 14.6. The topological polar surface area (TPSA) is 86.2 Å². The first-order valence-corrected chi connectivity index (χ1v) is 6.60. The van der Waals surface area contributed by atoms with Crippen LogP contribution in [0.3, 0.4) is 0 Å². The molecule has 8 nitrogen and oxygen atoms in total. The highest BCUT2D eigenvalue weighted by Gasteiger charge is 2.32. The Hall–Kier alpha value is -1.80. The van der Waals surface area contributed by atoms with Crippen molar-refractivity contribution >= 4 is 17.8 Å². The van der Waals surface area contributed by atoms with Gasteiger partial charge in [-0.2, -0.15) is 4.98 Å². The Bertz CT molecular complexity index is 488. The number of carbonyl (C=O) groups excluding carboxylic acids is 1. The number of aromatic nitrogens is 3. The molecule has 0 bridgehead atoms. The Morgan fingerprint density at radius 3 is 2.65 bits per heavy atom. The molecule has 1 aromatic rings. The second kappa shape index (κ2) is 6.10. The number of methoxy groups -OCH3 is 1. The fourth-order valence-electron chi connectivity index (χ4n) is 1.89. The van der Waals surface area contributed by atoms with Crippen molar-refractivity contribution in [2.75, 3.05) is 45.8 Å². The number of hydrogen-bond donors (Lipinski definition) is 1. The Labute approximate surface area is 117 Å². The fourth-order valence-corrected chi connectivity index (χ4v) is 1.89. The fraction of sp³-hybridized carbons (Fsp3) is 0.667. The van der Waals surface area contributed by atoms with Crippen LogP contribution in [0.1, 0.15) is 13.3 Å². The molecule has 8 heteroatoms. The number of nitrogens with one attached hydrogen (secondary N) is 1. The summed E-state index contributed by atoms with van der Waals surface area (Å²) in [6, 6.07) is 0.201. The molecule has 0 unspecified atom stereocenters. The molecule has 2 heterocycles. The van der Waals surface area contributed by atoms with E-state index in [9.17, 15) is 4.79 Å². The maximum atomic E-state index is 11.5. The highest BCUT2D eigenvalue weighted by molar-refractivity contribution is 5.88. The van der Waals surface area contributed by atoms with Crippen LogP contribution >= 0.6 is 0 Å². The molecule has 1 fully saturated rings. The van der Waals surface area contributed by atoms with Crippen LogP contribution in [0.4, 0.5) is 11.9 Å². The molecule has 1 saturated heterocycles. The summed E-state index contributed by atoms with van der Waals surface area (Å²) in [7, 11) is 3.52. The molecule has 110 valence electrons.